The maximum Gasteiger partial charge on any atom is 0.157 e. The molecule has 0 radical (unpaired) electrons. The van der Waals surface area contributed by atoms with Crippen LogP contribution in [0.3, 0.4) is 0 Å². The summed E-state index contributed by atoms with van der Waals surface area (Å²) in [7, 11) is 0. The molecule has 1 fully saturated rings. The molecule has 1 aromatic heterocycles. The Balaban J connectivity index is 1.97. The van der Waals surface area contributed by atoms with Crippen LogP contribution in [-0.4, -0.2) is 28.7 Å². The summed E-state index contributed by atoms with van der Waals surface area (Å²) in [6, 6.07) is 0. The lowest BCUT2D eigenvalue weighted by molar-refractivity contribution is 0.104. The van der Waals surface area contributed by atoms with Crippen LogP contribution in [0.5, 0.6) is 0 Å². The second-order valence-electron chi connectivity index (χ2n) is 7.01. The summed E-state index contributed by atoms with van der Waals surface area (Å²) < 4.78 is 5.69. The van der Waals surface area contributed by atoms with Crippen LogP contribution >= 0.6 is 0 Å². The fraction of sp³-hybridized carbons (Fsp3) is 0.765. The summed E-state index contributed by atoms with van der Waals surface area (Å²) in [5.74, 6) is 0.874. The smallest absolute Gasteiger partial charge is 0.157 e. The van der Waals surface area contributed by atoms with Crippen LogP contribution in [0, 0.1) is 13.8 Å². The molecule has 0 aliphatic carbocycles. The Morgan fingerprint density at radius 3 is 2.38 bits per heavy atom. The molecule has 1 atom stereocenters. The molecule has 1 aromatic rings. The van der Waals surface area contributed by atoms with Crippen molar-refractivity contribution in [1.82, 2.24) is 15.3 Å². The van der Waals surface area contributed by atoms with Gasteiger partial charge in [-0.05, 0) is 72.4 Å². The lowest BCUT2D eigenvalue weighted by Gasteiger charge is -2.20. The SMILES string of the molecule is Cc1nc(C2CCCO2)nc(C)c1CCCNC(C)(C)C. The second kappa shape index (κ2) is 6.84. The number of hydrogen-bond donors (Lipinski definition) is 1. The summed E-state index contributed by atoms with van der Waals surface area (Å²) in [5, 5.41) is 3.53. The summed E-state index contributed by atoms with van der Waals surface area (Å²) in [6.45, 7) is 12.6. The third kappa shape index (κ3) is 4.75. The third-order valence-corrected chi connectivity index (χ3v) is 3.91. The van der Waals surface area contributed by atoms with Gasteiger partial charge >= 0.3 is 0 Å². The van der Waals surface area contributed by atoms with Gasteiger partial charge in [-0.1, -0.05) is 0 Å². The van der Waals surface area contributed by atoms with E-state index in [4.69, 9.17) is 4.74 Å². The Morgan fingerprint density at radius 1 is 1.19 bits per heavy atom. The Bertz CT molecular complexity index is 450. The van der Waals surface area contributed by atoms with Crippen molar-refractivity contribution in [2.45, 2.75) is 71.9 Å². The van der Waals surface area contributed by atoms with Crippen molar-refractivity contribution < 1.29 is 4.74 Å². The Kier molecular flexibility index (Phi) is 5.33. The minimum Gasteiger partial charge on any atom is -0.370 e. The van der Waals surface area contributed by atoms with Crippen LogP contribution in [-0.2, 0) is 11.2 Å². The van der Waals surface area contributed by atoms with Gasteiger partial charge in [-0.3, -0.25) is 0 Å². The molecule has 1 aliphatic rings. The molecule has 1 N–H and O–H groups in total. The standard InChI is InChI=1S/C17H29N3O/c1-12-14(8-6-10-18-17(3,4)5)13(2)20-16(19-12)15-9-7-11-21-15/h15,18H,6-11H2,1-5H3. The number of rotatable bonds is 5. The zero-order valence-corrected chi connectivity index (χ0v) is 14.1. The third-order valence-electron chi connectivity index (χ3n) is 3.91. The van der Waals surface area contributed by atoms with Crippen molar-refractivity contribution in [1.29, 1.82) is 0 Å². The van der Waals surface area contributed by atoms with E-state index in [2.05, 4.69) is 49.9 Å². The number of nitrogens with zero attached hydrogens (tertiary/aromatic N) is 2. The molecule has 1 unspecified atom stereocenters. The molecule has 0 saturated carbocycles. The molecule has 118 valence electrons. The molecule has 2 rings (SSSR count). The molecule has 21 heavy (non-hydrogen) atoms. The van der Waals surface area contributed by atoms with Crippen LogP contribution < -0.4 is 5.32 Å². The topological polar surface area (TPSA) is 47.0 Å². The Hall–Kier alpha value is -1.00. The minimum absolute atomic E-state index is 0.110. The van der Waals surface area contributed by atoms with Gasteiger partial charge in [-0.25, -0.2) is 9.97 Å². The summed E-state index contributed by atoms with van der Waals surface area (Å²) in [6.07, 6.45) is 4.42. The zero-order chi connectivity index (χ0) is 15.5. The van der Waals surface area contributed by atoms with E-state index in [0.29, 0.717) is 0 Å². The predicted molar refractivity (Wildman–Crippen MR) is 85.5 cm³/mol. The molecule has 4 nitrogen and oxygen atoms in total. The summed E-state index contributed by atoms with van der Waals surface area (Å²) >= 11 is 0. The van der Waals surface area contributed by atoms with E-state index < -0.39 is 0 Å². The second-order valence-corrected chi connectivity index (χ2v) is 7.01. The molecule has 0 aromatic carbocycles. The maximum absolute atomic E-state index is 5.69. The van der Waals surface area contributed by atoms with Gasteiger partial charge in [0.1, 0.15) is 6.10 Å². The first kappa shape index (κ1) is 16.4. The van der Waals surface area contributed by atoms with Crippen LogP contribution in [0.2, 0.25) is 0 Å². The minimum atomic E-state index is 0.110. The van der Waals surface area contributed by atoms with Gasteiger partial charge in [0.15, 0.2) is 5.82 Å². The van der Waals surface area contributed by atoms with Crippen molar-refractivity contribution >= 4 is 0 Å². The first-order valence-corrected chi connectivity index (χ1v) is 8.07. The van der Waals surface area contributed by atoms with E-state index in [1.807, 2.05) is 0 Å². The van der Waals surface area contributed by atoms with Crippen molar-refractivity contribution in [3.63, 3.8) is 0 Å². The number of ether oxygens (including phenoxy) is 1. The molecule has 0 amide bonds. The lowest BCUT2D eigenvalue weighted by Crippen LogP contribution is -2.36. The Morgan fingerprint density at radius 2 is 1.86 bits per heavy atom. The fourth-order valence-electron chi connectivity index (χ4n) is 2.78. The highest BCUT2D eigenvalue weighted by atomic mass is 16.5. The lowest BCUT2D eigenvalue weighted by atomic mass is 10.0. The monoisotopic (exact) mass is 291 g/mol. The molecule has 2 heterocycles. The molecule has 0 bridgehead atoms. The van der Waals surface area contributed by atoms with E-state index in [1.165, 1.54) is 5.56 Å². The molecule has 1 aliphatic heterocycles. The average molecular weight is 291 g/mol. The van der Waals surface area contributed by atoms with Gasteiger partial charge in [0.25, 0.3) is 0 Å². The average Bonchev–Trinajstić information content (AvgIpc) is 2.89. The molecule has 4 heteroatoms. The van der Waals surface area contributed by atoms with E-state index in [1.54, 1.807) is 0 Å². The highest BCUT2D eigenvalue weighted by Crippen LogP contribution is 2.27. The van der Waals surface area contributed by atoms with Crippen molar-refractivity contribution in [3.05, 3.63) is 22.8 Å². The maximum atomic E-state index is 5.69. The molecular weight excluding hydrogens is 262 g/mol. The number of aromatic nitrogens is 2. The van der Waals surface area contributed by atoms with Crippen LogP contribution in [0.25, 0.3) is 0 Å². The largest absolute Gasteiger partial charge is 0.370 e. The van der Waals surface area contributed by atoms with Gasteiger partial charge in [-0.15, -0.1) is 0 Å². The quantitative estimate of drug-likeness (QED) is 0.846. The molecule has 1 saturated heterocycles. The molecular formula is C17H29N3O. The van der Waals surface area contributed by atoms with E-state index in [-0.39, 0.29) is 11.6 Å². The van der Waals surface area contributed by atoms with Crippen LogP contribution in [0.1, 0.15) is 68.9 Å². The first-order valence-electron chi connectivity index (χ1n) is 8.07. The van der Waals surface area contributed by atoms with E-state index in [0.717, 1.165) is 56.0 Å². The van der Waals surface area contributed by atoms with Crippen LogP contribution in [0.15, 0.2) is 0 Å². The van der Waals surface area contributed by atoms with Crippen LogP contribution in [0.4, 0.5) is 0 Å². The van der Waals surface area contributed by atoms with Gasteiger partial charge in [0.05, 0.1) is 0 Å². The normalized spacial score (nSPS) is 19.2. The zero-order valence-electron chi connectivity index (χ0n) is 14.1. The van der Waals surface area contributed by atoms with Gasteiger partial charge < -0.3 is 10.1 Å². The van der Waals surface area contributed by atoms with E-state index in [9.17, 15) is 0 Å². The Labute approximate surface area is 128 Å². The highest BCUT2D eigenvalue weighted by molar-refractivity contribution is 5.25. The molecule has 0 spiro atoms. The summed E-state index contributed by atoms with van der Waals surface area (Å²) in [5.41, 5.74) is 3.71. The van der Waals surface area contributed by atoms with Gasteiger partial charge in [-0.2, -0.15) is 0 Å². The van der Waals surface area contributed by atoms with E-state index >= 15 is 0 Å². The van der Waals surface area contributed by atoms with Crippen molar-refractivity contribution in [3.8, 4) is 0 Å². The van der Waals surface area contributed by atoms with Gasteiger partial charge in [0, 0.05) is 23.5 Å². The van der Waals surface area contributed by atoms with Gasteiger partial charge in [0.2, 0.25) is 0 Å². The number of aryl methyl sites for hydroxylation is 2. The predicted octanol–water partition coefficient (Wildman–Crippen LogP) is 3.27. The number of nitrogens with one attached hydrogen (secondary N) is 1. The summed E-state index contributed by atoms with van der Waals surface area (Å²) in [4.78, 5) is 9.37. The number of hydrogen-bond acceptors (Lipinski definition) is 4. The first-order chi connectivity index (χ1) is 9.87. The highest BCUT2D eigenvalue weighted by Gasteiger charge is 2.22. The van der Waals surface area contributed by atoms with Crippen molar-refractivity contribution in [2.24, 2.45) is 0 Å². The van der Waals surface area contributed by atoms with Crippen molar-refractivity contribution in [2.75, 3.05) is 13.2 Å². The fourth-order valence-corrected chi connectivity index (χ4v) is 2.78.